The van der Waals surface area contributed by atoms with E-state index >= 15 is 0 Å². The minimum atomic E-state index is -5.77. The van der Waals surface area contributed by atoms with E-state index in [9.17, 15) is 35.9 Å². The molecule has 1 aromatic carbocycles. The summed E-state index contributed by atoms with van der Waals surface area (Å²) >= 11 is 0. The standard InChI is InChI=1S/C24H29F6N5O3/c1-2-32-9-16(19(31)20(36)33-8-15-6-4-3-5-7-15)10-34-11-17-13-35(14-18(17)12-34)22(37)38-21(23(25,26)27)24(28,29)30/h3-7,9,17-18,21,31-32H,2,8,10-14H2,1H3,(H,33,36)/b16-9-,31-19?. The van der Waals surface area contributed by atoms with E-state index in [0.29, 0.717) is 25.2 Å². The lowest BCUT2D eigenvalue weighted by molar-refractivity contribution is -0.308. The highest BCUT2D eigenvalue weighted by Gasteiger charge is 2.60. The van der Waals surface area contributed by atoms with Crippen LogP contribution in [0.15, 0.2) is 42.1 Å². The SMILES string of the molecule is CCN/C=C(/CN1CC2CN(C(=O)OC(C(F)(F)F)C(F)(F)F)CC2C1)C(=N)C(=O)NCc1ccccc1. The van der Waals surface area contributed by atoms with Crippen LogP contribution in [0.3, 0.4) is 0 Å². The normalized spacial score (nSPS) is 20.4. The van der Waals surface area contributed by atoms with Crippen molar-refractivity contribution >= 4 is 17.7 Å². The highest BCUT2D eigenvalue weighted by molar-refractivity contribution is 6.44. The molecule has 2 unspecified atom stereocenters. The van der Waals surface area contributed by atoms with Crippen molar-refractivity contribution in [3.8, 4) is 0 Å². The Kier molecular flexibility index (Phi) is 9.28. The number of nitrogens with zero attached hydrogens (tertiary/aromatic N) is 2. The Labute approximate surface area is 215 Å². The van der Waals surface area contributed by atoms with Crippen molar-refractivity contribution in [2.75, 3.05) is 39.3 Å². The zero-order valence-corrected chi connectivity index (χ0v) is 20.5. The first-order chi connectivity index (χ1) is 17.8. The second kappa shape index (κ2) is 12.0. The van der Waals surface area contributed by atoms with Crippen LogP contribution in [0.1, 0.15) is 12.5 Å². The molecular weight excluding hydrogens is 520 g/mol. The van der Waals surface area contributed by atoms with Crippen LogP contribution >= 0.6 is 0 Å². The lowest BCUT2D eigenvalue weighted by atomic mass is 10.0. The molecule has 3 N–H and O–H groups in total. The summed E-state index contributed by atoms with van der Waals surface area (Å²) in [6.07, 6.45) is -15.8. The maximum Gasteiger partial charge on any atom is 0.434 e. The van der Waals surface area contributed by atoms with E-state index in [1.807, 2.05) is 42.2 Å². The quantitative estimate of drug-likeness (QED) is 0.325. The molecule has 1 aromatic rings. The van der Waals surface area contributed by atoms with Gasteiger partial charge in [-0.25, -0.2) is 4.79 Å². The van der Waals surface area contributed by atoms with Gasteiger partial charge in [-0.05, 0) is 24.3 Å². The number of fused-ring (bicyclic) bond motifs is 1. The molecule has 210 valence electrons. The second-order valence-electron chi connectivity index (χ2n) is 9.24. The second-order valence-corrected chi connectivity index (χ2v) is 9.24. The third-order valence-electron chi connectivity index (χ3n) is 6.35. The molecule has 0 bridgehead atoms. The van der Waals surface area contributed by atoms with E-state index < -0.39 is 30.5 Å². The highest BCUT2D eigenvalue weighted by atomic mass is 19.4. The molecule has 2 aliphatic rings. The number of halogens is 6. The fourth-order valence-corrected chi connectivity index (χ4v) is 4.54. The van der Waals surface area contributed by atoms with Gasteiger partial charge in [0.1, 0.15) is 5.71 Å². The Morgan fingerprint density at radius 3 is 2.16 bits per heavy atom. The van der Waals surface area contributed by atoms with E-state index in [1.54, 1.807) is 6.20 Å². The van der Waals surface area contributed by atoms with Crippen molar-refractivity contribution in [3.63, 3.8) is 0 Å². The Hall–Kier alpha value is -3.29. The molecule has 2 fully saturated rings. The summed E-state index contributed by atoms with van der Waals surface area (Å²) in [6, 6.07) is 9.19. The van der Waals surface area contributed by atoms with E-state index in [1.165, 1.54) is 0 Å². The average molecular weight is 550 g/mol. The van der Waals surface area contributed by atoms with Gasteiger partial charge in [-0.1, -0.05) is 30.3 Å². The number of alkyl halides is 6. The number of rotatable bonds is 9. The molecule has 38 heavy (non-hydrogen) atoms. The lowest BCUT2D eigenvalue weighted by Crippen LogP contribution is -2.48. The number of nitrogens with one attached hydrogen (secondary N) is 3. The largest absolute Gasteiger partial charge is 0.434 e. The molecule has 0 saturated carbocycles. The van der Waals surface area contributed by atoms with Gasteiger partial charge in [-0.15, -0.1) is 0 Å². The molecule has 2 heterocycles. The first-order valence-electron chi connectivity index (χ1n) is 11.9. The number of hydrogen-bond donors (Lipinski definition) is 3. The fraction of sp³-hybridized carbons (Fsp3) is 0.542. The molecule has 2 saturated heterocycles. The number of benzene rings is 1. The molecule has 3 rings (SSSR count). The van der Waals surface area contributed by atoms with Gasteiger partial charge in [0.05, 0.1) is 0 Å². The molecule has 0 spiro atoms. The minimum absolute atomic E-state index is 0.0519. The van der Waals surface area contributed by atoms with Crippen LogP contribution in [0, 0.1) is 17.2 Å². The van der Waals surface area contributed by atoms with E-state index in [4.69, 9.17) is 5.41 Å². The summed E-state index contributed by atoms with van der Waals surface area (Å²) in [6.45, 7) is 3.56. The number of hydrogen-bond acceptors (Lipinski definition) is 6. The smallest absolute Gasteiger partial charge is 0.426 e. The van der Waals surface area contributed by atoms with Crippen LogP contribution in [0.25, 0.3) is 0 Å². The van der Waals surface area contributed by atoms with Crippen molar-refractivity contribution in [1.29, 1.82) is 5.41 Å². The van der Waals surface area contributed by atoms with Crippen LogP contribution in [-0.2, 0) is 16.1 Å². The predicted octanol–water partition coefficient (Wildman–Crippen LogP) is 3.31. The average Bonchev–Trinajstić information content (AvgIpc) is 3.41. The third-order valence-corrected chi connectivity index (χ3v) is 6.35. The molecule has 8 nitrogen and oxygen atoms in total. The van der Waals surface area contributed by atoms with Crippen molar-refractivity contribution < 1.29 is 40.7 Å². The zero-order valence-electron chi connectivity index (χ0n) is 20.5. The lowest BCUT2D eigenvalue weighted by Gasteiger charge is -2.26. The number of likely N-dealkylation sites (tertiary alicyclic amines) is 2. The van der Waals surface area contributed by atoms with Gasteiger partial charge in [0.15, 0.2) is 0 Å². The Morgan fingerprint density at radius 1 is 1.05 bits per heavy atom. The van der Waals surface area contributed by atoms with E-state index in [-0.39, 0.29) is 43.7 Å². The fourth-order valence-electron chi connectivity index (χ4n) is 4.54. The van der Waals surface area contributed by atoms with Crippen LogP contribution < -0.4 is 10.6 Å². The van der Waals surface area contributed by atoms with Crippen molar-refractivity contribution in [3.05, 3.63) is 47.7 Å². The van der Waals surface area contributed by atoms with Crippen molar-refractivity contribution in [2.24, 2.45) is 11.8 Å². The van der Waals surface area contributed by atoms with Gasteiger partial charge in [-0.3, -0.25) is 15.1 Å². The molecule has 0 radical (unpaired) electrons. The molecule has 2 atom stereocenters. The minimum Gasteiger partial charge on any atom is -0.426 e. The number of amides is 2. The molecule has 2 aliphatic heterocycles. The third kappa shape index (κ3) is 7.62. The zero-order chi connectivity index (χ0) is 28.1. The number of carbonyl (C=O) groups is 2. The molecule has 14 heteroatoms. The van der Waals surface area contributed by atoms with Gasteiger partial charge >= 0.3 is 18.4 Å². The van der Waals surface area contributed by atoms with Gasteiger partial charge in [0.25, 0.3) is 12.0 Å². The first-order valence-corrected chi connectivity index (χ1v) is 11.9. The maximum absolute atomic E-state index is 12.7. The topological polar surface area (TPSA) is 97.8 Å². The monoisotopic (exact) mass is 549 g/mol. The van der Waals surface area contributed by atoms with Gasteiger partial charge < -0.3 is 20.3 Å². The summed E-state index contributed by atoms with van der Waals surface area (Å²) in [5, 5.41) is 14.1. The van der Waals surface area contributed by atoms with Gasteiger partial charge in [0.2, 0.25) is 0 Å². The van der Waals surface area contributed by atoms with Crippen molar-refractivity contribution in [1.82, 2.24) is 20.4 Å². The Balaban J connectivity index is 1.55. The number of ether oxygens (including phenoxy) is 1. The Bertz CT molecular complexity index is 1000. The molecular formula is C24H29F6N5O3. The summed E-state index contributed by atoms with van der Waals surface area (Å²) in [7, 11) is 0. The molecule has 2 amide bonds. The highest BCUT2D eigenvalue weighted by Crippen LogP contribution is 2.37. The van der Waals surface area contributed by atoms with E-state index in [2.05, 4.69) is 15.4 Å². The number of carbonyl (C=O) groups excluding carboxylic acids is 2. The predicted molar refractivity (Wildman–Crippen MR) is 125 cm³/mol. The maximum atomic E-state index is 12.7. The molecule has 0 aliphatic carbocycles. The van der Waals surface area contributed by atoms with Crippen LogP contribution in [0.5, 0.6) is 0 Å². The van der Waals surface area contributed by atoms with Crippen LogP contribution in [0.2, 0.25) is 0 Å². The molecule has 0 aromatic heterocycles. The Morgan fingerprint density at radius 2 is 1.63 bits per heavy atom. The van der Waals surface area contributed by atoms with Gasteiger partial charge in [-0.2, -0.15) is 26.3 Å². The summed E-state index contributed by atoms with van der Waals surface area (Å²) in [5.74, 6) is -0.950. The van der Waals surface area contributed by atoms with Crippen molar-refractivity contribution in [2.45, 2.75) is 31.9 Å². The first kappa shape index (κ1) is 29.3. The summed E-state index contributed by atoms with van der Waals surface area (Å²) < 4.78 is 80.2. The van der Waals surface area contributed by atoms with Crippen LogP contribution in [0.4, 0.5) is 31.1 Å². The van der Waals surface area contributed by atoms with Crippen LogP contribution in [-0.4, -0.2) is 85.2 Å². The summed E-state index contributed by atoms with van der Waals surface area (Å²) in [4.78, 5) is 27.5. The summed E-state index contributed by atoms with van der Waals surface area (Å²) in [5.41, 5.74) is 1.07. The van der Waals surface area contributed by atoms with Gasteiger partial charge in [0, 0.05) is 57.6 Å². The van der Waals surface area contributed by atoms with E-state index in [0.717, 1.165) is 10.5 Å².